The maximum atomic E-state index is 10.7. The van der Waals surface area contributed by atoms with Gasteiger partial charge in [-0.25, -0.2) is 0 Å². The number of benzene rings is 1. The number of para-hydroxylation sites is 1. The monoisotopic (exact) mass is 177 g/mol. The second kappa shape index (κ2) is 3.76. The summed E-state index contributed by atoms with van der Waals surface area (Å²) in [4.78, 5) is 10.7. The normalized spacial score (nSPS) is 11.3. The number of carbonyl (C=O) groups excluding carboxylic acids is 1. The number of carbonyl (C=O) groups is 1. The number of hydrogen-bond acceptors (Lipinski definition) is 2. The van der Waals surface area contributed by atoms with Crippen LogP contribution in [-0.4, -0.2) is 11.0 Å². The highest BCUT2D eigenvalue weighted by molar-refractivity contribution is 5.96. The van der Waals surface area contributed by atoms with Gasteiger partial charge in [-0.05, 0) is 19.1 Å². The SMILES string of the molecule is CC(=Cc1ccccc1O)C(N)=O. The molecule has 0 saturated carbocycles. The predicted molar refractivity (Wildman–Crippen MR) is 51.0 cm³/mol. The maximum Gasteiger partial charge on any atom is 0.244 e. The number of rotatable bonds is 2. The summed E-state index contributed by atoms with van der Waals surface area (Å²) in [6.07, 6.45) is 1.55. The molecule has 0 unspecified atom stereocenters. The number of hydrogen-bond donors (Lipinski definition) is 2. The van der Waals surface area contributed by atoms with Crippen molar-refractivity contribution < 1.29 is 9.90 Å². The lowest BCUT2D eigenvalue weighted by atomic mass is 10.1. The lowest BCUT2D eigenvalue weighted by Crippen LogP contribution is -2.11. The number of nitrogens with two attached hydrogens (primary N) is 1. The highest BCUT2D eigenvalue weighted by Crippen LogP contribution is 2.18. The van der Waals surface area contributed by atoms with Gasteiger partial charge in [-0.15, -0.1) is 0 Å². The van der Waals surface area contributed by atoms with E-state index in [0.717, 1.165) is 0 Å². The van der Waals surface area contributed by atoms with Crippen LogP contribution in [0.3, 0.4) is 0 Å². The fraction of sp³-hybridized carbons (Fsp3) is 0.100. The molecule has 3 heteroatoms. The van der Waals surface area contributed by atoms with Crippen molar-refractivity contribution in [3.8, 4) is 5.75 Å². The highest BCUT2D eigenvalue weighted by Gasteiger charge is 2.00. The lowest BCUT2D eigenvalue weighted by Gasteiger charge is -1.98. The number of aromatic hydroxyl groups is 1. The molecule has 3 nitrogen and oxygen atoms in total. The van der Waals surface area contributed by atoms with Gasteiger partial charge in [0, 0.05) is 11.1 Å². The molecule has 0 saturated heterocycles. The van der Waals surface area contributed by atoms with E-state index in [9.17, 15) is 9.90 Å². The summed E-state index contributed by atoms with van der Waals surface area (Å²) in [6, 6.07) is 6.76. The minimum atomic E-state index is -0.483. The standard InChI is InChI=1S/C10H11NO2/c1-7(10(11)13)6-8-4-2-3-5-9(8)12/h2-6,12H,1H3,(H2,11,13). The van der Waals surface area contributed by atoms with Gasteiger partial charge in [0.2, 0.25) is 5.91 Å². The van der Waals surface area contributed by atoms with Gasteiger partial charge in [-0.3, -0.25) is 4.79 Å². The molecule has 0 aliphatic rings. The van der Waals surface area contributed by atoms with Crippen molar-refractivity contribution in [1.29, 1.82) is 0 Å². The Hall–Kier alpha value is -1.77. The Morgan fingerprint density at radius 3 is 2.62 bits per heavy atom. The quantitative estimate of drug-likeness (QED) is 0.668. The zero-order valence-corrected chi connectivity index (χ0v) is 7.32. The summed E-state index contributed by atoms with van der Waals surface area (Å²) < 4.78 is 0. The molecule has 1 aromatic carbocycles. The maximum absolute atomic E-state index is 10.7. The molecule has 0 atom stereocenters. The summed E-state index contributed by atoms with van der Waals surface area (Å²) in [5.74, 6) is -0.341. The molecule has 0 fully saturated rings. The first-order valence-electron chi connectivity index (χ1n) is 3.87. The van der Waals surface area contributed by atoms with Crippen LogP contribution in [0.2, 0.25) is 0 Å². The number of amides is 1. The Kier molecular flexibility index (Phi) is 2.69. The predicted octanol–water partition coefficient (Wildman–Crippen LogP) is 1.28. The van der Waals surface area contributed by atoms with Gasteiger partial charge in [0.15, 0.2) is 0 Å². The molecule has 1 aromatic rings. The molecule has 0 aliphatic carbocycles. The largest absolute Gasteiger partial charge is 0.507 e. The van der Waals surface area contributed by atoms with Gasteiger partial charge in [-0.1, -0.05) is 18.2 Å². The van der Waals surface area contributed by atoms with Crippen LogP contribution in [0, 0.1) is 0 Å². The van der Waals surface area contributed by atoms with E-state index in [1.807, 2.05) is 0 Å². The zero-order chi connectivity index (χ0) is 9.84. The van der Waals surface area contributed by atoms with E-state index in [4.69, 9.17) is 5.73 Å². The number of primary amides is 1. The first-order chi connectivity index (χ1) is 6.11. The molecular weight excluding hydrogens is 166 g/mol. The Bertz CT molecular complexity index is 356. The van der Waals surface area contributed by atoms with E-state index in [2.05, 4.69) is 0 Å². The van der Waals surface area contributed by atoms with Gasteiger partial charge in [0.25, 0.3) is 0 Å². The average Bonchev–Trinajstić information content (AvgIpc) is 2.08. The van der Waals surface area contributed by atoms with Crippen molar-refractivity contribution in [1.82, 2.24) is 0 Å². The smallest absolute Gasteiger partial charge is 0.244 e. The topological polar surface area (TPSA) is 63.3 Å². The summed E-state index contributed by atoms with van der Waals surface area (Å²) >= 11 is 0. The first-order valence-corrected chi connectivity index (χ1v) is 3.87. The molecule has 1 amide bonds. The van der Waals surface area contributed by atoms with Crippen molar-refractivity contribution >= 4 is 12.0 Å². The van der Waals surface area contributed by atoms with Crippen molar-refractivity contribution in [2.24, 2.45) is 5.73 Å². The second-order valence-corrected chi connectivity index (χ2v) is 2.75. The summed E-state index contributed by atoms with van der Waals surface area (Å²) in [5, 5.41) is 9.34. The summed E-state index contributed by atoms with van der Waals surface area (Å²) in [5.41, 5.74) is 6.06. The van der Waals surface area contributed by atoms with Crippen LogP contribution < -0.4 is 5.73 Å². The first kappa shape index (κ1) is 9.32. The minimum absolute atomic E-state index is 0.142. The van der Waals surface area contributed by atoms with Crippen molar-refractivity contribution in [2.45, 2.75) is 6.92 Å². The Morgan fingerprint density at radius 1 is 1.46 bits per heavy atom. The van der Waals surface area contributed by atoms with E-state index in [1.54, 1.807) is 37.3 Å². The van der Waals surface area contributed by atoms with E-state index in [-0.39, 0.29) is 5.75 Å². The molecule has 0 radical (unpaired) electrons. The fourth-order valence-corrected chi connectivity index (χ4v) is 0.914. The molecule has 0 spiro atoms. The average molecular weight is 177 g/mol. The Labute approximate surface area is 76.5 Å². The summed E-state index contributed by atoms with van der Waals surface area (Å²) in [6.45, 7) is 1.61. The van der Waals surface area contributed by atoms with Crippen LogP contribution in [0.4, 0.5) is 0 Å². The molecule has 0 aliphatic heterocycles. The van der Waals surface area contributed by atoms with Crippen LogP contribution in [-0.2, 0) is 4.79 Å². The lowest BCUT2D eigenvalue weighted by molar-refractivity contribution is -0.114. The van der Waals surface area contributed by atoms with Gasteiger partial charge < -0.3 is 10.8 Å². The van der Waals surface area contributed by atoms with Crippen LogP contribution in [0.15, 0.2) is 29.8 Å². The molecule has 3 N–H and O–H groups in total. The third kappa shape index (κ3) is 2.33. The summed E-state index contributed by atoms with van der Waals surface area (Å²) in [7, 11) is 0. The Morgan fingerprint density at radius 2 is 2.08 bits per heavy atom. The van der Waals surface area contributed by atoms with E-state index in [1.165, 1.54) is 0 Å². The van der Waals surface area contributed by atoms with Crippen molar-refractivity contribution in [3.05, 3.63) is 35.4 Å². The third-order valence-corrected chi connectivity index (χ3v) is 1.70. The van der Waals surface area contributed by atoms with Gasteiger partial charge in [0.05, 0.1) is 0 Å². The number of phenolic OH excluding ortho intramolecular Hbond substituents is 1. The Balaban J connectivity index is 3.04. The molecule has 0 heterocycles. The molecular formula is C10H11NO2. The van der Waals surface area contributed by atoms with Gasteiger partial charge >= 0.3 is 0 Å². The van der Waals surface area contributed by atoms with Gasteiger partial charge in [0.1, 0.15) is 5.75 Å². The third-order valence-electron chi connectivity index (χ3n) is 1.70. The zero-order valence-electron chi connectivity index (χ0n) is 7.32. The van der Waals surface area contributed by atoms with Crippen LogP contribution in [0.1, 0.15) is 12.5 Å². The van der Waals surface area contributed by atoms with Crippen LogP contribution in [0.25, 0.3) is 6.08 Å². The van der Waals surface area contributed by atoms with Crippen LogP contribution in [0.5, 0.6) is 5.75 Å². The van der Waals surface area contributed by atoms with E-state index < -0.39 is 5.91 Å². The molecule has 1 rings (SSSR count). The second-order valence-electron chi connectivity index (χ2n) is 2.75. The minimum Gasteiger partial charge on any atom is -0.507 e. The fourth-order valence-electron chi connectivity index (χ4n) is 0.914. The van der Waals surface area contributed by atoms with Crippen LogP contribution >= 0.6 is 0 Å². The highest BCUT2D eigenvalue weighted by atomic mass is 16.3. The van der Waals surface area contributed by atoms with Crippen molar-refractivity contribution in [3.63, 3.8) is 0 Å². The number of phenols is 1. The molecule has 0 aromatic heterocycles. The van der Waals surface area contributed by atoms with Crippen molar-refractivity contribution in [2.75, 3.05) is 0 Å². The molecule has 13 heavy (non-hydrogen) atoms. The molecule has 68 valence electrons. The molecule has 0 bridgehead atoms. The van der Waals surface area contributed by atoms with E-state index in [0.29, 0.717) is 11.1 Å². The van der Waals surface area contributed by atoms with Gasteiger partial charge in [-0.2, -0.15) is 0 Å². The van der Waals surface area contributed by atoms with E-state index >= 15 is 0 Å².